The molecule has 1 fully saturated rings. The second kappa shape index (κ2) is 11.4. The van der Waals surface area contributed by atoms with Crippen LogP contribution in [-0.2, 0) is 43.6 Å². The van der Waals surface area contributed by atoms with Gasteiger partial charge in [0.2, 0.25) is 5.88 Å². The van der Waals surface area contributed by atoms with Gasteiger partial charge in [-0.3, -0.25) is 4.90 Å². The number of pyridine rings is 1. The van der Waals surface area contributed by atoms with Crippen LogP contribution in [0.2, 0.25) is 5.02 Å². The van der Waals surface area contributed by atoms with Crippen molar-refractivity contribution in [1.29, 1.82) is 0 Å². The van der Waals surface area contributed by atoms with Gasteiger partial charge in [0.05, 0.1) is 36.0 Å². The molecule has 226 valence electrons. The Morgan fingerprint density at radius 1 is 1.14 bits per heavy atom. The molecule has 4 heterocycles. The van der Waals surface area contributed by atoms with Crippen LogP contribution in [0.25, 0.3) is 11.0 Å². The zero-order chi connectivity index (χ0) is 30.5. The van der Waals surface area contributed by atoms with Crippen molar-refractivity contribution in [1.82, 2.24) is 19.4 Å². The maximum atomic E-state index is 14.9. The van der Waals surface area contributed by atoms with Crippen LogP contribution in [0, 0.1) is 11.6 Å². The molecule has 8 nitrogen and oxygen atoms in total. The molecule has 1 atom stereocenters. The summed E-state index contributed by atoms with van der Waals surface area (Å²) < 4.78 is 83.6. The molecular formula is C29H24ClF5N4O4. The number of nitrogens with zero attached hydrogens (tertiary/aromatic N) is 4. The van der Waals surface area contributed by atoms with Crippen LogP contribution in [0.5, 0.6) is 5.88 Å². The van der Waals surface area contributed by atoms with Crippen molar-refractivity contribution in [3.63, 3.8) is 0 Å². The molecule has 2 aliphatic heterocycles. The number of benzene rings is 2. The predicted molar refractivity (Wildman–Crippen MR) is 144 cm³/mol. The molecule has 43 heavy (non-hydrogen) atoms. The lowest BCUT2D eigenvalue weighted by Gasteiger charge is -2.30. The molecule has 2 aromatic heterocycles. The second-order valence-corrected chi connectivity index (χ2v) is 10.9. The third kappa shape index (κ3) is 6.01. The van der Waals surface area contributed by atoms with Crippen molar-refractivity contribution < 1.29 is 41.3 Å². The monoisotopic (exact) mass is 622 g/mol. The molecule has 6 rings (SSSR count). The summed E-state index contributed by atoms with van der Waals surface area (Å²) in [6.45, 7) is 1.14. The van der Waals surface area contributed by atoms with Gasteiger partial charge in [0.25, 0.3) is 0 Å². The average Bonchev–Trinajstić information content (AvgIpc) is 3.26. The Morgan fingerprint density at radius 2 is 1.93 bits per heavy atom. The average molecular weight is 623 g/mol. The van der Waals surface area contributed by atoms with Crippen LogP contribution >= 0.6 is 11.6 Å². The van der Waals surface area contributed by atoms with E-state index in [1.807, 2.05) is 4.90 Å². The van der Waals surface area contributed by atoms with Gasteiger partial charge in [-0.1, -0.05) is 17.7 Å². The van der Waals surface area contributed by atoms with Crippen LogP contribution in [0.4, 0.5) is 22.0 Å². The summed E-state index contributed by atoms with van der Waals surface area (Å²) in [6.07, 6.45) is -3.85. The van der Waals surface area contributed by atoms with E-state index in [-0.39, 0.29) is 47.3 Å². The Hall–Kier alpha value is -3.81. The van der Waals surface area contributed by atoms with Gasteiger partial charge in [0.15, 0.2) is 5.82 Å². The van der Waals surface area contributed by atoms with E-state index in [2.05, 4.69) is 9.97 Å². The minimum absolute atomic E-state index is 0.0197. The first-order chi connectivity index (χ1) is 20.5. The van der Waals surface area contributed by atoms with E-state index >= 15 is 0 Å². The number of carbonyl (C=O) groups is 1. The molecule has 0 radical (unpaired) electrons. The van der Waals surface area contributed by atoms with E-state index in [1.165, 1.54) is 18.2 Å². The fourth-order valence-corrected chi connectivity index (χ4v) is 5.40. The predicted octanol–water partition coefficient (Wildman–Crippen LogP) is 6.01. The first-order valence-corrected chi connectivity index (χ1v) is 13.8. The standard InChI is InChI=1S/C29H24ClF5N4O4/c30-18-2-1-16(21(31)10-18)14-43-27-20(29(33,34)35)7-15-3-5-38(12-23(15)36-27)13-25-37-26-22(32)8-17(28(40)41)9-24(26)39(25)11-19-4-6-42-19/h1-2,7-10,19H,3-6,11-14H2,(H,40,41)/t19-/m0/s1. The minimum Gasteiger partial charge on any atom is -0.478 e. The molecule has 1 saturated heterocycles. The summed E-state index contributed by atoms with van der Waals surface area (Å²) >= 11 is 5.76. The minimum atomic E-state index is -4.75. The zero-order valence-electron chi connectivity index (χ0n) is 22.4. The van der Waals surface area contributed by atoms with Crippen LogP contribution in [-0.4, -0.2) is 49.8 Å². The molecule has 0 amide bonds. The third-order valence-electron chi connectivity index (χ3n) is 7.59. The number of hydrogen-bond acceptors (Lipinski definition) is 6. The lowest BCUT2D eigenvalue weighted by Crippen LogP contribution is -2.34. The highest BCUT2D eigenvalue weighted by atomic mass is 35.5. The van der Waals surface area contributed by atoms with E-state index in [0.29, 0.717) is 42.3 Å². The fraction of sp³-hybridized carbons (Fsp3) is 0.345. The lowest BCUT2D eigenvalue weighted by atomic mass is 10.0. The summed E-state index contributed by atoms with van der Waals surface area (Å²) in [5.74, 6) is -2.97. The van der Waals surface area contributed by atoms with Crippen molar-refractivity contribution in [3.05, 3.63) is 86.8 Å². The summed E-state index contributed by atoms with van der Waals surface area (Å²) in [5.41, 5.74) is -0.146. The molecule has 2 aliphatic rings. The highest BCUT2D eigenvalue weighted by molar-refractivity contribution is 6.30. The maximum Gasteiger partial charge on any atom is 0.421 e. The first kappa shape index (κ1) is 29.3. The second-order valence-electron chi connectivity index (χ2n) is 10.5. The van der Waals surface area contributed by atoms with Crippen LogP contribution in [0.1, 0.15) is 45.0 Å². The number of fused-ring (bicyclic) bond motifs is 2. The van der Waals surface area contributed by atoms with Gasteiger partial charge < -0.3 is 19.1 Å². The molecule has 0 bridgehead atoms. The molecule has 14 heteroatoms. The van der Waals surface area contributed by atoms with Gasteiger partial charge in [-0.15, -0.1) is 0 Å². The summed E-state index contributed by atoms with van der Waals surface area (Å²) in [7, 11) is 0. The summed E-state index contributed by atoms with van der Waals surface area (Å²) in [4.78, 5) is 22.2. The third-order valence-corrected chi connectivity index (χ3v) is 7.82. The molecule has 1 N–H and O–H groups in total. The smallest absolute Gasteiger partial charge is 0.421 e. The number of ether oxygens (including phenoxy) is 2. The zero-order valence-corrected chi connectivity index (χ0v) is 23.2. The van der Waals surface area contributed by atoms with Gasteiger partial charge in [-0.05, 0) is 48.7 Å². The van der Waals surface area contributed by atoms with Gasteiger partial charge in [0.1, 0.15) is 29.3 Å². The first-order valence-electron chi connectivity index (χ1n) is 13.4. The van der Waals surface area contributed by atoms with E-state index in [9.17, 15) is 31.9 Å². The van der Waals surface area contributed by atoms with Gasteiger partial charge in [-0.2, -0.15) is 13.2 Å². The number of rotatable bonds is 8. The Balaban J connectivity index is 1.29. The molecule has 0 spiro atoms. The topological polar surface area (TPSA) is 89.7 Å². The van der Waals surface area contributed by atoms with Crippen molar-refractivity contribution in [2.24, 2.45) is 0 Å². The highest BCUT2D eigenvalue weighted by Gasteiger charge is 2.37. The lowest BCUT2D eigenvalue weighted by molar-refractivity contribution is -0.139. The number of carboxylic acids is 1. The summed E-state index contributed by atoms with van der Waals surface area (Å²) in [6, 6.07) is 7.08. The van der Waals surface area contributed by atoms with Crippen LogP contribution < -0.4 is 4.74 Å². The molecule has 0 aliphatic carbocycles. The molecule has 2 aromatic carbocycles. The fourth-order valence-electron chi connectivity index (χ4n) is 5.24. The van der Waals surface area contributed by atoms with E-state index in [4.69, 9.17) is 21.1 Å². The number of hydrogen-bond donors (Lipinski definition) is 1. The SMILES string of the molecule is O=C(O)c1cc(F)c2nc(CN3CCc4cc(C(F)(F)F)c(OCc5ccc(Cl)cc5F)nc4C3)n(C[C@@H]3CCO3)c2c1. The van der Waals surface area contributed by atoms with E-state index in [0.717, 1.165) is 24.6 Å². The number of aromatic carboxylic acids is 1. The van der Waals surface area contributed by atoms with Crippen molar-refractivity contribution in [2.45, 2.75) is 51.4 Å². The van der Waals surface area contributed by atoms with Crippen LogP contribution in [0.3, 0.4) is 0 Å². The van der Waals surface area contributed by atoms with Gasteiger partial charge in [0, 0.05) is 30.3 Å². The van der Waals surface area contributed by atoms with E-state index in [1.54, 1.807) is 4.57 Å². The van der Waals surface area contributed by atoms with Crippen molar-refractivity contribution >= 4 is 28.6 Å². The number of carboxylic acid groups (broad SMARTS) is 1. The van der Waals surface area contributed by atoms with Gasteiger partial charge in [-0.25, -0.2) is 23.5 Å². The number of imidazole rings is 1. The number of halogens is 6. The van der Waals surface area contributed by atoms with Crippen molar-refractivity contribution in [2.75, 3.05) is 13.2 Å². The van der Waals surface area contributed by atoms with E-state index < -0.39 is 41.8 Å². The Morgan fingerprint density at radius 3 is 2.60 bits per heavy atom. The van der Waals surface area contributed by atoms with Crippen LogP contribution in [0.15, 0.2) is 36.4 Å². The maximum absolute atomic E-state index is 14.9. The Bertz CT molecular complexity index is 1720. The normalized spacial score (nSPS) is 17.1. The van der Waals surface area contributed by atoms with Crippen molar-refractivity contribution in [3.8, 4) is 5.88 Å². The number of aromatic nitrogens is 3. The summed E-state index contributed by atoms with van der Waals surface area (Å²) in [5, 5.41) is 9.58. The molecule has 4 aromatic rings. The molecular weight excluding hydrogens is 599 g/mol. The Kier molecular flexibility index (Phi) is 7.73. The number of alkyl halides is 3. The molecule has 0 unspecified atom stereocenters. The molecule has 0 saturated carbocycles. The quantitative estimate of drug-likeness (QED) is 0.241. The Labute approximate surface area is 246 Å². The largest absolute Gasteiger partial charge is 0.478 e. The van der Waals surface area contributed by atoms with Gasteiger partial charge >= 0.3 is 12.1 Å². The highest BCUT2D eigenvalue weighted by Crippen LogP contribution is 2.38.